The van der Waals surface area contributed by atoms with Gasteiger partial charge in [-0.1, -0.05) is 42.8 Å². The first-order valence-electron chi connectivity index (χ1n) is 9.43. The smallest absolute Gasteiger partial charge is 0.243 e. The number of hydrogen-bond acceptors (Lipinski definition) is 4. The molecule has 1 aliphatic heterocycles. The Labute approximate surface area is 172 Å². The third kappa shape index (κ3) is 4.46. The molecule has 1 heterocycles. The second kappa shape index (κ2) is 8.74. The number of ketones is 1. The van der Waals surface area contributed by atoms with Crippen molar-refractivity contribution in [2.75, 3.05) is 26.2 Å². The minimum atomic E-state index is -3.55. The third-order valence-corrected chi connectivity index (χ3v) is 7.42. The Balaban J connectivity index is 1.69. The summed E-state index contributed by atoms with van der Waals surface area (Å²) in [6.07, 6.45) is 0.945. The number of rotatable bonds is 6. The first-order valence-corrected chi connectivity index (χ1v) is 11.3. The van der Waals surface area contributed by atoms with Crippen molar-refractivity contribution < 1.29 is 13.2 Å². The largest absolute Gasteiger partial charge is 0.295 e. The Morgan fingerprint density at radius 2 is 1.57 bits per heavy atom. The Morgan fingerprint density at radius 1 is 1.00 bits per heavy atom. The summed E-state index contributed by atoms with van der Waals surface area (Å²) >= 11 is 5.99. The molecule has 1 aliphatic rings. The van der Waals surface area contributed by atoms with Gasteiger partial charge < -0.3 is 0 Å². The SMILES string of the molecule is CCC(c1ccc(Cl)cc1)N1CCN(S(=O)(=O)c2ccc(C(C)=O)cc2)CC1. The van der Waals surface area contributed by atoms with Crippen molar-refractivity contribution in [3.8, 4) is 0 Å². The van der Waals surface area contributed by atoms with Crippen LogP contribution in [0.4, 0.5) is 0 Å². The van der Waals surface area contributed by atoms with Crippen LogP contribution in [0.5, 0.6) is 0 Å². The van der Waals surface area contributed by atoms with Crippen molar-refractivity contribution in [2.24, 2.45) is 0 Å². The van der Waals surface area contributed by atoms with E-state index in [9.17, 15) is 13.2 Å². The van der Waals surface area contributed by atoms with E-state index in [1.165, 1.54) is 28.9 Å². The second-order valence-electron chi connectivity index (χ2n) is 7.00. The summed E-state index contributed by atoms with van der Waals surface area (Å²) in [5.74, 6) is -0.0784. The van der Waals surface area contributed by atoms with E-state index in [0.29, 0.717) is 36.8 Å². The van der Waals surface area contributed by atoms with E-state index in [0.717, 1.165) is 6.42 Å². The molecule has 1 unspecified atom stereocenters. The molecule has 0 N–H and O–H groups in total. The van der Waals surface area contributed by atoms with E-state index in [1.807, 2.05) is 24.3 Å². The van der Waals surface area contributed by atoms with Crippen LogP contribution in [0.25, 0.3) is 0 Å². The summed E-state index contributed by atoms with van der Waals surface area (Å²) in [7, 11) is -3.55. The van der Waals surface area contributed by atoms with Gasteiger partial charge in [-0.3, -0.25) is 9.69 Å². The van der Waals surface area contributed by atoms with Crippen LogP contribution in [0.15, 0.2) is 53.4 Å². The lowest BCUT2D eigenvalue weighted by Crippen LogP contribution is -2.49. The van der Waals surface area contributed by atoms with Crippen molar-refractivity contribution in [1.82, 2.24) is 9.21 Å². The van der Waals surface area contributed by atoms with Crippen LogP contribution in [0, 0.1) is 0 Å². The number of hydrogen-bond donors (Lipinski definition) is 0. The zero-order valence-electron chi connectivity index (χ0n) is 16.1. The van der Waals surface area contributed by atoms with Gasteiger partial charge in [0.25, 0.3) is 0 Å². The number of benzene rings is 2. The highest BCUT2D eigenvalue weighted by atomic mass is 35.5. The highest BCUT2D eigenvalue weighted by Gasteiger charge is 2.31. The van der Waals surface area contributed by atoms with Gasteiger partial charge in [-0.05, 0) is 43.2 Å². The van der Waals surface area contributed by atoms with Gasteiger partial charge in [-0.2, -0.15) is 4.31 Å². The van der Waals surface area contributed by atoms with E-state index in [1.54, 1.807) is 12.1 Å². The Hall–Kier alpha value is -1.73. The molecule has 0 amide bonds. The molecule has 0 aliphatic carbocycles. The average molecular weight is 421 g/mol. The highest BCUT2D eigenvalue weighted by molar-refractivity contribution is 7.89. The lowest BCUT2D eigenvalue weighted by molar-refractivity contribution is 0.101. The third-order valence-electron chi connectivity index (χ3n) is 5.25. The zero-order valence-corrected chi connectivity index (χ0v) is 17.7. The lowest BCUT2D eigenvalue weighted by atomic mass is 10.0. The number of nitrogens with zero attached hydrogens (tertiary/aromatic N) is 2. The van der Waals surface area contributed by atoms with Crippen molar-refractivity contribution in [1.29, 1.82) is 0 Å². The molecule has 28 heavy (non-hydrogen) atoms. The first-order chi connectivity index (χ1) is 13.3. The predicted molar refractivity (Wildman–Crippen MR) is 111 cm³/mol. The van der Waals surface area contributed by atoms with Crippen LogP contribution in [0.3, 0.4) is 0 Å². The maximum absolute atomic E-state index is 12.9. The predicted octanol–water partition coefficient (Wildman–Crippen LogP) is 4.00. The number of halogens is 1. The second-order valence-corrected chi connectivity index (χ2v) is 9.37. The highest BCUT2D eigenvalue weighted by Crippen LogP contribution is 2.28. The van der Waals surface area contributed by atoms with E-state index < -0.39 is 10.0 Å². The summed E-state index contributed by atoms with van der Waals surface area (Å²) in [4.78, 5) is 14.0. The van der Waals surface area contributed by atoms with Gasteiger partial charge in [0.2, 0.25) is 10.0 Å². The molecule has 0 saturated carbocycles. The normalized spacial score (nSPS) is 17.4. The molecule has 1 fully saturated rings. The molecule has 3 rings (SSSR count). The van der Waals surface area contributed by atoms with Gasteiger partial charge in [-0.25, -0.2) is 8.42 Å². The Morgan fingerprint density at radius 3 is 2.07 bits per heavy atom. The maximum atomic E-state index is 12.9. The summed E-state index contributed by atoms with van der Waals surface area (Å²) in [5, 5.41) is 0.713. The lowest BCUT2D eigenvalue weighted by Gasteiger charge is -2.38. The summed E-state index contributed by atoms with van der Waals surface area (Å²) in [6, 6.07) is 14.3. The minimum Gasteiger partial charge on any atom is -0.295 e. The van der Waals surface area contributed by atoms with Crippen molar-refractivity contribution in [3.63, 3.8) is 0 Å². The zero-order chi connectivity index (χ0) is 20.3. The molecule has 2 aromatic carbocycles. The van der Waals surface area contributed by atoms with Crippen molar-refractivity contribution in [2.45, 2.75) is 31.2 Å². The van der Waals surface area contributed by atoms with Crippen molar-refractivity contribution in [3.05, 3.63) is 64.7 Å². The van der Waals surface area contributed by atoms with Gasteiger partial charge in [-0.15, -0.1) is 0 Å². The van der Waals surface area contributed by atoms with Crippen molar-refractivity contribution >= 4 is 27.4 Å². The van der Waals surface area contributed by atoms with Gasteiger partial charge >= 0.3 is 0 Å². The number of piperazine rings is 1. The summed E-state index contributed by atoms with van der Waals surface area (Å²) in [6.45, 7) is 5.84. The number of carbonyl (C=O) groups excluding carboxylic acids is 1. The molecule has 0 bridgehead atoms. The molecule has 150 valence electrons. The van der Waals surface area contributed by atoms with Gasteiger partial charge in [0.05, 0.1) is 4.90 Å². The monoisotopic (exact) mass is 420 g/mol. The van der Waals surface area contributed by atoms with Crippen LogP contribution < -0.4 is 0 Å². The molecule has 0 radical (unpaired) electrons. The average Bonchev–Trinajstić information content (AvgIpc) is 2.70. The van der Waals surface area contributed by atoms with E-state index in [2.05, 4.69) is 11.8 Å². The van der Waals surface area contributed by atoms with Gasteiger partial charge in [0, 0.05) is 42.8 Å². The molecule has 1 atom stereocenters. The molecule has 5 nitrogen and oxygen atoms in total. The first kappa shape index (κ1) is 21.0. The molecular formula is C21H25ClN2O3S. The minimum absolute atomic E-state index is 0.0784. The fourth-order valence-corrected chi connectivity index (χ4v) is 5.20. The van der Waals surface area contributed by atoms with E-state index in [-0.39, 0.29) is 16.7 Å². The van der Waals surface area contributed by atoms with Crippen LogP contribution in [0.1, 0.15) is 42.2 Å². The van der Waals surface area contributed by atoms with Crippen LogP contribution in [-0.2, 0) is 10.0 Å². The van der Waals surface area contributed by atoms with Crippen LogP contribution in [-0.4, -0.2) is 49.6 Å². The van der Waals surface area contributed by atoms with Crippen LogP contribution in [0.2, 0.25) is 5.02 Å². The molecular weight excluding hydrogens is 396 g/mol. The molecule has 2 aromatic rings. The molecule has 7 heteroatoms. The number of sulfonamides is 1. The maximum Gasteiger partial charge on any atom is 0.243 e. The van der Waals surface area contributed by atoms with Gasteiger partial charge in [0.1, 0.15) is 0 Å². The van der Waals surface area contributed by atoms with Gasteiger partial charge in [0.15, 0.2) is 5.78 Å². The quantitative estimate of drug-likeness (QED) is 0.663. The Kier molecular flexibility index (Phi) is 6.55. The standard InChI is InChI=1S/C21H25ClN2O3S/c1-3-21(18-4-8-19(22)9-5-18)23-12-14-24(15-13-23)28(26,27)20-10-6-17(7-11-20)16(2)25/h4-11,21H,3,12-15H2,1-2H3. The number of carbonyl (C=O) groups is 1. The van der Waals surface area contributed by atoms with E-state index >= 15 is 0 Å². The fourth-order valence-electron chi connectivity index (χ4n) is 3.66. The molecule has 1 saturated heterocycles. The van der Waals surface area contributed by atoms with E-state index in [4.69, 9.17) is 11.6 Å². The molecule has 0 aromatic heterocycles. The summed E-state index contributed by atoms with van der Waals surface area (Å²) < 4.78 is 27.4. The topological polar surface area (TPSA) is 57.7 Å². The Bertz CT molecular complexity index is 919. The summed E-state index contributed by atoms with van der Waals surface area (Å²) in [5.41, 5.74) is 1.71. The number of Topliss-reactive ketones (excluding diaryl/α,β-unsaturated/α-hetero) is 1. The fraction of sp³-hybridized carbons (Fsp3) is 0.381. The molecule has 0 spiro atoms. The van der Waals surface area contributed by atoms with Crippen LogP contribution >= 0.6 is 11.6 Å².